The van der Waals surface area contributed by atoms with E-state index >= 15 is 0 Å². The molecule has 1 aromatic carbocycles. The van der Waals surface area contributed by atoms with Gasteiger partial charge in [-0.25, -0.2) is 9.78 Å². The summed E-state index contributed by atoms with van der Waals surface area (Å²) in [6.45, 7) is 0. The van der Waals surface area contributed by atoms with E-state index in [9.17, 15) is 14.4 Å². The number of rotatable bonds is 3. The van der Waals surface area contributed by atoms with Gasteiger partial charge in [-0.15, -0.1) is 0 Å². The van der Waals surface area contributed by atoms with E-state index in [1.54, 1.807) is 24.3 Å². The molecule has 0 spiro atoms. The molecule has 3 rings (SSSR count). The number of carbonyl (C=O) groups is 1. The number of amides is 1. The SMILES string of the molecule is COc1cccc(NC(=O)c2cnc3c(c2)c(=O)n(C)c(=O)n3C)c1. The average molecular weight is 340 g/mol. The number of aryl methyl sites for hydroxylation is 1. The molecule has 0 aliphatic rings. The summed E-state index contributed by atoms with van der Waals surface area (Å²) in [4.78, 5) is 40.7. The van der Waals surface area contributed by atoms with E-state index in [0.717, 1.165) is 4.57 Å². The molecule has 128 valence electrons. The van der Waals surface area contributed by atoms with Crippen molar-refractivity contribution in [3.05, 3.63) is 62.9 Å². The van der Waals surface area contributed by atoms with Gasteiger partial charge in [-0.1, -0.05) is 6.07 Å². The Morgan fingerprint density at radius 2 is 1.92 bits per heavy atom. The Morgan fingerprint density at radius 1 is 1.16 bits per heavy atom. The first kappa shape index (κ1) is 16.4. The quantitative estimate of drug-likeness (QED) is 0.764. The maximum atomic E-state index is 12.4. The summed E-state index contributed by atoms with van der Waals surface area (Å²) in [5, 5.41) is 2.92. The lowest BCUT2D eigenvalue weighted by atomic mass is 10.2. The monoisotopic (exact) mass is 340 g/mol. The summed E-state index contributed by atoms with van der Waals surface area (Å²) in [5.41, 5.74) is 0.0233. The summed E-state index contributed by atoms with van der Waals surface area (Å²) in [5.74, 6) is 0.192. The summed E-state index contributed by atoms with van der Waals surface area (Å²) in [6, 6.07) is 8.34. The molecule has 0 unspecified atom stereocenters. The number of aromatic nitrogens is 3. The standard InChI is InChI=1S/C17H16N4O4/c1-20-14-13(16(23)21(2)17(20)24)7-10(9-18-14)15(22)19-11-5-4-6-12(8-11)25-3/h4-9H,1-3H3,(H,19,22). The largest absolute Gasteiger partial charge is 0.497 e. The molecule has 0 radical (unpaired) electrons. The third kappa shape index (κ3) is 2.89. The van der Waals surface area contributed by atoms with Gasteiger partial charge in [-0.05, 0) is 18.2 Å². The van der Waals surface area contributed by atoms with Crippen LogP contribution < -0.4 is 21.3 Å². The molecule has 1 amide bonds. The number of pyridine rings is 1. The van der Waals surface area contributed by atoms with E-state index in [0.29, 0.717) is 11.4 Å². The Kier molecular flexibility index (Phi) is 4.10. The molecule has 0 bridgehead atoms. The summed E-state index contributed by atoms with van der Waals surface area (Å²) in [6.07, 6.45) is 1.33. The number of carbonyl (C=O) groups excluding carboxylic acids is 1. The van der Waals surface area contributed by atoms with Gasteiger partial charge in [0.25, 0.3) is 11.5 Å². The zero-order chi connectivity index (χ0) is 18.1. The Balaban J connectivity index is 2.03. The number of anilines is 1. The second-order valence-corrected chi connectivity index (χ2v) is 5.49. The summed E-state index contributed by atoms with van der Waals surface area (Å²) in [7, 11) is 4.44. The second kappa shape index (κ2) is 6.23. The minimum absolute atomic E-state index is 0.197. The van der Waals surface area contributed by atoms with Crippen LogP contribution >= 0.6 is 0 Å². The molecule has 2 heterocycles. The van der Waals surface area contributed by atoms with Gasteiger partial charge in [0, 0.05) is 32.0 Å². The van der Waals surface area contributed by atoms with Gasteiger partial charge in [0.15, 0.2) is 0 Å². The number of ether oxygens (including phenoxy) is 1. The van der Waals surface area contributed by atoms with E-state index in [2.05, 4.69) is 10.3 Å². The van der Waals surface area contributed by atoms with Gasteiger partial charge in [0.2, 0.25) is 0 Å². The normalized spacial score (nSPS) is 10.7. The number of hydrogen-bond acceptors (Lipinski definition) is 5. The van der Waals surface area contributed by atoms with Crippen molar-refractivity contribution < 1.29 is 9.53 Å². The third-order valence-corrected chi connectivity index (χ3v) is 3.88. The molecule has 2 aromatic heterocycles. The first-order valence-corrected chi connectivity index (χ1v) is 7.43. The van der Waals surface area contributed by atoms with Crippen molar-refractivity contribution in [3.8, 4) is 5.75 Å². The van der Waals surface area contributed by atoms with Crippen molar-refractivity contribution in [1.29, 1.82) is 0 Å². The third-order valence-electron chi connectivity index (χ3n) is 3.88. The van der Waals surface area contributed by atoms with Crippen LogP contribution in [0.2, 0.25) is 0 Å². The van der Waals surface area contributed by atoms with Crippen molar-refractivity contribution in [3.63, 3.8) is 0 Å². The van der Waals surface area contributed by atoms with Gasteiger partial charge >= 0.3 is 5.69 Å². The maximum absolute atomic E-state index is 12.4. The van der Waals surface area contributed by atoms with Gasteiger partial charge < -0.3 is 10.1 Å². The fourth-order valence-corrected chi connectivity index (χ4v) is 2.49. The topological polar surface area (TPSA) is 95.2 Å². The Hall–Kier alpha value is -3.42. The van der Waals surface area contributed by atoms with Crippen LogP contribution in [-0.4, -0.2) is 27.1 Å². The first-order valence-electron chi connectivity index (χ1n) is 7.43. The fourth-order valence-electron chi connectivity index (χ4n) is 2.49. The van der Waals surface area contributed by atoms with E-state index in [1.165, 1.54) is 38.0 Å². The number of hydrogen-bond donors (Lipinski definition) is 1. The van der Waals surface area contributed by atoms with Gasteiger partial charge in [0.05, 0.1) is 18.1 Å². The number of methoxy groups -OCH3 is 1. The summed E-state index contributed by atoms with van der Waals surface area (Å²) >= 11 is 0. The van der Waals surface area contributed by atoms with Crippen LogP contribution in [0.5, 0.6) is 5.75 Å². The minimum atomic E-state index is -0.498. The molecule has 8 heteroatoms. The molecule has 0 atom stereocenters. The van der Waals surface area contributed by atoms with Crippen LogP contribution in [0.1, 0.15) is 10.4 Å². The highest BCUT2D eigenvalue weighted by Crippen LogP contribution is 2.18. The van der Waals surface area contributed by atoms with Gasteiger partial charge in [0.1, 0.15) is 11.4 Å². The molecule has 0 fully saturated rings. The highest BCUT2D eigenvalue weighted by Gasteiger charge is 2.14. The van der Waals surface area contributed by atoms with E-state index in [-0.39, 0.29) is 16.6 Å². The average Bonchev–Trinajstić information content (AvgIpc) is 2.64. The minimum Gasteiger partial charge on any atom is -0.497 e. The van der Waals surface area contributed by atoms with Crippen LogP contribution in [0.25, 0.3) is 11.0 Å². The van der Waals surface area contributed by atoms with Gasteiger partial charge in [-0.3, -0.25) is 18.7 Å². The predicted octanol–water partition coefficient (Wildman–Crippen LogP) is 0.893. The van der Waals surface area contributed by atoms with Crippen LogP contribution in [0.15, 0.2) is 46.1 Å². The Bertz CT molecular complexity index is 1100. The highest BCUT2D eigenvalue weighted by atomic mass is 16.5. The number of nitrogens with one attached hydrogen (secondary N) is 1. The fraction of sp³-hybridized carbons (Fsp3) is 0.176. The Morgan fingerprint density at radius 3 is 2.64 bits per heavy atom. The molecular weight excluding hydrogens is 324 g/mol. The smallest absolute Gasteiger partial charge is 0.332 e. The maximum Gasteiger partial charge on any atom is 0.332 e. The van der Waals surface area contributed by atoms with Crippen LogP contribution in [0.4, 0.5) is 5.69 Å². The lowest BCUT2D eigenvalue weighted by molar-refractivity contribution is 0.102. The van der Waals surface area contributed by atoms with Crippen molar-refractivity contribution in [2.45, 2.75) is 0 Å². The first-order chi connectivity index (χ1) is 11.9. The molecule has 3 aromatic rings. The van der Waals surface area contributed by atoms with Crippen molar-refractivity contribution in [2.24, 2.45) is 14.1 Å². The van der Waals surface area contributed by atoms with Crippen LogP contribution in [-0.2, 0) is 14.1 Å². The molecular formula is C17H16N4O4. The highest BCUT2D eigenvalue weighted by molar-refractivity contribution is 6.05. The van der Waals surface area contributed by atoms with Crippen molar-refractivity contribution in [2.75, 3.05) is 12.4 Å². The molecule has 25 heavy (non-hydrogen) atoms. The molecule has 8 nitrogen and oxygen atoms in total. The number of fused-ring (bicyclic) bond motifs is 1. The van der Waals surface area contributed by atoms with Gasteiger partial charge in [-0.2, -0.15) is 0 Å². The number of benzene rings is 1. The second-order valence-electron chi connectivity index (χ2n) is 5.49. The molecule has 0 aliphatic heterocycles. The lowest BCUT2D eigenvalue weighted by Crippen LogP contribution is -2.37. The Labute approximate surface area is 142 Å². The summed E-state index contributed by atoms with van der Waals surface area (Å²) < 4.78 is 7.36. The van der Waals surface area contributed by atoms with E-state index in [1.807, 2.05) is 0 Å². The molecule has 0 saturated carbocycles. The van der Waals surface area contributed by atoms with Crippen LogP contribution in [0, 0.1) is 0 Å². The predicted molar refractivity (Wildman–Crippen MR) is 93.2 cm³/mol. The van der Waals surface area contributed by atoms with Crippen molar-refractivity contribution >= 4 is 22.6 Å². The zero-order valence-corrected chi connectivity index (χ0v) is 13.9. The van der Waals surface area contributed by atoms with Crippen LogP contribution in [0.3, 0.4) is 0 Å². The zero-order valence-electron chi connectivity index (χ0n) is 13.9. The van der Waals surface area contributed by atoms with E-state index < -0.39 is 17.2 Å². The van der Waals surface area contributed by atoms with E-state index in [4.69, 9.17) is 4.74 Å². The number of nitrogens with zero attached hydrogens (tertiary/aromatic N) is 3. The van der Waals surface area contributed by atoms with Crippen molar-refractivity contribution in [1.82, 2.24) is 14.1 Å². The lowest BCUT2D eigenvalue weighted by Gasteiger charge is -2.09. The molecule has 0 saturated heterocycles. The molecule has 0 aliphatic carbocycles. The molecule has 1 N–H and O–H groups in total.